The van der Waals surface area contributed by atoms with Crippen LogP contribution in [0.2, 0.25) is 0 Å². The Balaban J connectivity index is 1.58. The third kappa shape index (κ3) is 5.13. The van der Waals surface area contributed by atoms with E-state index in [0.29, 0.717) is 11.4 Å². The van der Waals surface area contributed by atoms with Crippen LogP contribution >= 0.6 is 0 Å². The van der Waals surface area contributed by atoms with Crippen molar-refractivity contribution >= 4 is 29.4 Å². The third-order valence-electron chi connectivity index (χ3n) is 6.27. The molecule has 172 valence electrons. The molecule has 4 rings (SSSR count). The first-order chi connectivity index (χ1) is 15.9. The van der Waals surface area contributed by atoms with E-state index in [-0.39, 0.29) is 36.6 Å². The number of imide groups is 1. The minimum atomic E-state index is -0.801. The highest BCUT2D eigenvalue weighted by Gasteiger charge is 2.46. The Hall–Kier alpha value is -3.48. The number of nitrogens with zero attached hydrogens (tertiary/aromatic N) is 2. The summed E-state index contributed by atoms with van der Waals surface area (Å²) in [4.78, 5) is 53.8. The summed E-state index contributed by atoms with van der Waals surface area (Å²) >= 11 is 0. The zero-order chi connectivity index (χ0) is 23.4. The second kappa shape index (κ2) is 9.98. The molecule has 0 spiro atoms. The standard InChI is InChI=1S/C26H28N2O5/c1-18(29)33-22-14-12-21(13-15-22)28-25(31)17-23(26(28)32)27(20-10-6-3-7-11-20)24(30)16-19-8-4-2-5-9-19/h2,4-5,8-9,12-15,20,23H,3,6-7,10-11,16-17H2,1H3. The molecule has 0 radical (unpaired) electrons. The predicted molar refractivity (Wildman–Crippen MR) is 123 cm³/mol. The van der Waals surface area contributed by atoms with Gasteiger partial charge in [0.25, 0.3) is 5.91 Å². The van der Waals surface area contributed by atoms with Gasteiger partial charge < -0.3 is 9.64 Å². The topological polar surface area (TPSA) is 84.0 Å². The summed E-state index contributed by atoms with van der Waals surface area (Å²) in [6.07, 6.45) is 5.00. The molecule has 1 atom stereocenters. The molecule has 2 fully saturated rings. The maximum Gasteiger partial charge on any atom is 0.308 e. The normalized spacial score (nSPS) is 18.9. The fraction of sp³-hybridized carbons (Fsp3) is 0.385. The third-order valence-corrected chi connectivity index (χ3v) is 6.27. The average molecular weight is 449 g/mol. The van der Waals surface area contributed by atoms with Crippen LogP contribution in [0.1, 0.15) is 51.0 Å². The Morgan fingerprint density at radius 2 is 1.64 bits per heavy atom. The van der Waals surface area contributed by atoms with Crippen molar-refractivity contribution in [2.45, 2.75) is 64.0 Å². The number of ether oxygens (including phenoxy) is 1. The van der Waals surface area contributed by atoms with Gasteiger partial charge in [-0.2, -0.15) is 0 Å². The maximum absolute atomic E-state index is 13.4. The van der Waals surface area contributed by atoms with Crippen LogP contribution in [0.25, 0.3) is 0 Å². The molecule has 1 unspecified atom stereocenters. The van der Waals surface area contributed by atoms with E-state index in [9.17, 15) is 19.2 Å². The fourth-order valence-electron chi connectivity index (χ4n) is 4.79. The van der Waals surface area contributed by atoms with Crippen LogP contribution in [-0.2, 0) is 25.6 Å². The first-order valence-corrected chi connectivity index (χ1v) is 11.4. The molecular weight excluding hydrogens is 420 g/mol. The summed E-state index contributed by atoms with van der Waals surface area (Å²) < 4.78 is 5.03. The lowest BCUT2D eigenvalue weighted by Gasteiger charge is -2.37. The Kier molecular flexibility index (Phi) is 6.87. The summed E-state index contributed by atoms with van der Waals surface area (Å²) in [5, 5.41) is 0. The Bertz CT molecular complexity index is 1030. The van der Waals surface area contributed by atoms with Crippen LogP contribution in [-0.4, -0.2) is 40.7 Å². The van der Waals surface area contributed by atoms with Gasteiger partial charge in [0, 0.05) is 13.0 Å². The molecule has 2 aromatic carbocycles. The first kappa shape index (κ1) is 22.7. The average Bonchev–Trinajstić information content (AvgIpc) is 3.09. The number of amides is 3. The SMILES string of the molecule is CC(=O)Oc1ccc(N2C(=O)CC(N(C(=O)Cc3ccccc3)C3CCCCC3)C2=O)cc1. The molecule has 7 heteroatoms. The second-order valence-electron chi connectivity index (χ2n) is 8.63. The van der Waals surface area contributed by atoms with Crippen molar-refractivity contribution in [1.82, 2.24) is 4.90 Å². The van der Waals surface area contributed by atoms with E-state index >= 15 is 0 Å². The molecule has 2 aromatic rings. The Labute approximate surface area is 193 Å². The lowest BCUT2D eigenvalue weighted by molar-refractivity contribution is -0.141. The van der Waals surface area contributed by atoms with Crippen LogP contribution in [0.3, 0.4) is 0 Å². The number of anilines is 1. The van der Waals surface area contributed by atoms with Gasteiger partial charge >= 0.3 is 5.97 Å². The maximum atomic E-state index is 13.4. The molecule has 2 aliphatic rings. The summed E-state index contributed by atoms with van der Waals surface area (Å²) in [7, 11) is 0. The van der Waals surface area contributed by atoms with E-state index in [1.165, 1.54) is 6.92 Å². The molecule has 0 bridgehead atoms. The molecule has 7 nitrogen and oxygen atoms in total. The number of hydrogen-bond acceptors (Lipinski definition) is 5. The van der Waals surface area contributed by atoms with Crippen molar-refractivity contribution in [3.63, 3.8) is 0 Å². The van der Waals surface area contributed by atoms with Gasteiger partial charge in [-0.1, -0.05) is 49.6 Å². The van der Waals surface area contributed by atoms with Crippen LogP contribution < -0.4 is 9.64 Å². The summed E-state index contributed by atoms with van der Waals surface area (Å²) in [5.74, 6) is -0.947. The largest absolute Gasteiger partial charge is 0.427 e. The van der Waals surface area contributed by atoms with Crippen molar-refractivity contribution in [3.05, 3.63) is 60.2 Å². The molecular formula is C26H28N2O5. The van der Waals surface area contributed by atoms with E-state index in [2.05, 4.69) is 0 Å². The number of esters is 1. The summed E-state index contributed by atoms with van der Waals surface area (Å²) in [6, 6.07) is 14.9. The first-order valence-electron chi connectivity index (χ1n) is 11.4. The molecule has 33 heavy (non-hydrogen) atoms. The lowest BCUT2D eigenvalue weighted by atomic mass is 9.92. The zero-order valence-electron chi connectivity index (χ0n) is 18.7. The highest BCUT2D eigenvalue weighted by Crippen LogP contribution is 2.32. The van der Waals surface area contributed by atoms with Gasteiger partial charge in [-0.15, -0.1) is 0 Å². The van der Waals surface area contributed by atoms with Gasteiger partial charge in [-0.05, 0) is 42.7 Å². The molecule has 1 heterocycles. The van der Waals surface area contributed by atoms with Crippen LogP contribution in [0.15, 0.2) is 54.6 Å². The molecule has 0 N–H and O–H groups in total. The highest BCUT2D eigenvalue weighted by molar-refractivity contribution is 6.23. The van der Waals surface area contributed by atoms with E-state index in [0.717, 1.165) is 42.6 Å². The van der Waals surface area contributed by atoms with Crippen molar-refractivity contribution in [1.29, 1.82) is 0 Å². The van der Waals surface area contributed by atoms with E-state index in [1.807, 2.05) is 30.3 Å². The van der Waals surface area contributed by atoms with Gasteiger partial charge in [0.05, 0.1) is 18.5 Å². The highest BCUT2D eigenvalue weighted by atomic mass is 16.5. The molecule has 1 saturated carbocycles. The minimum Gasteiger partial charge on any atom is -0.427 e. The van der Waals surface area contributed by atoms with Crippen LogP contribution in [0.5, 0.6) is 5.75 Å². The van der Waals surface area contributed by atoms with E-state index < -0.39 is 12.0 Å². The van der Waals surface area contributed by atoms with Gasteiger partial charge in [-0.25, -0.2) is 4.90 Å². The van der Waals surface area contributed by atoms with Gasteiger partial charge in [0.15, 0.2) is 0 Å². The molecule has 0 aromatic heterocycles. The van der Waals surface area contributed by atoms with Crippen LogP contribution in [0, 0.1) is 0 Å². The van der Waals surface area contributed by atoms with E-state index in [4.69, 9.17) is 4.74 Å². The van der Waals surface area contributed by atoms with Gasteiger partial charge in [0.1, 0.15) is 11.8 Å². The molecule has 1 aliphatic heterocycles. The lowest BCUT2D eigenvalue weighted by Crippen LogP contribution is -2.51. The summed E-state index contributed by atoms with van der Waals surface area (Å²) in [6.45, 7) is 1.30. The van der Waals surface area contributed by atoms with Crippen molar-refractivity contribution < 1.29 is 23.9 Å². The van der Waals surface area contributed by atoms with Crippen molar-refractivity contribution in [2.24, 2.45) is 0 Å². The number of hydrogen-bond donors (Lipinski definition) is 0. The van der Waals surface area contributed by atoms with Gasteiger partial charge in [0.2, 0.25) is 11.8 Å². The predicted octanol–water partition coefficient (Wildman–Crippen LogP) is 3.65. The number of carbonyl (C=O) groups excluding carboxylic acids is 4. The molecule has 1 aliphatic carbocycles. The number of benzene rings is 2. The number of carbonyl (C=O) groups is 4. The fourth-order valence-corrected chi connectivity index (χ4v) is 4.79. The quantitative estimate of drug-likeness (QED) is 0.383. The zero-order valence-corrected chi connectivity index (χ0v) is 18.7. The smallest absolute Gasteiger partial charge is 0.308 e. The second-order valence-corrected chi connectivity index (χ2v) is 8.63. The number of rotatable bonds is 6. The Morgan fingerprint density at radius 3 is 2.27 bits per heavy atom. The van der Waals surface area contributed by atoms with Crippen molar-refractivity contribution in [2.75, 3.05) is 4.90 Å². The summed E-state index contributed by atoms with van der Waals surface area (Å²) in [5.41, 5.74) is 1.29. The molecule has 3 amide bonds. The Morgan fingerprint density at radius 1 is 0.970 bits per heavy atom. The van der Waals surface area contributed by atoms with Crippen LogP contribution in [0.4, 0.5) is 5.69 Å². The van der Waals surface area contributed by atoms with Crippen molar-refractivity contribution in [3.8, 4) is 5.75 Å². The van der Waals surface area contributed by atoms with E-state index in [1.54, 1.807) is 29.2 Å². The van der Waals surface area contributed by atoms with Gasteiger partial charge in [-0.3, -0.25) is 19.2 Å². The molecule has 1 saturated heterocycles. The minimum absolute atomic E-state index is 0.0262. The monoisotopic (exact) mass is 448 g/mol.